The lowest BCUT2D eigenvalue weighted by Gasteiger charge is -2.19. The third-order valence-electron chi connectivity index (χ3n) is 4.42. The van der Waals surface area contributed by atoms with Crippen molar-refractivity contribution in [3.05, 3.63) is 64.8 Å². The van der Waals surface area contributed by atoms with Crippen molar-refractivity contribution >= 4 is 40.8 Å². The summed E-state index contributed by atoms with van der Waals surface area (Å²) in [5.41, 5.74) is 9.01. The highest BCUT2D eigenvalue weighted by molar-refractivity contribution is 7.99. The number of carbonyl (C=O) groups is 1. The Morgan fingerprint density at radius 3 is 2.75 bits per heavy atom. The van der Waals surface area contributed by atoms with Crippen molar-refractivity contribution in [1.29, 1.82) is 0 Å². The van der Waals surface area contributed by atoms with Gasteiger partial charge in [0.25, 0.3) is 0 Å². The maximum Gasteiger partial charge on any atom is 0.221 e. The maximum absolute atomic E-state index is 11.1. The summed E-state index contributed by atoms with van der Waals surface area (Å²) < 4.78 is 0. The van der Waals surface area contributed by atoms with E-state index in [1.807, 2.05) is 48.5 Å². The first kappa shape index (κ1) is 18.8. The van der Waals surface area contributed by atoms with Gasteiger partial charge in [-0.25, -0.2) is 9.97 Å². The van der Waals surface area contributed by atoms with E-state index in [1.165, 1.54) is 0 Å². The van der Waals surface area contributed by atoms with Gasteiger partial charge >= 0.3 is 0 Å². The molecule has 0 unspecified atom stereocenters. The Kier molecular flexibility index (Phi) is 5.50. The van der Waals surface area contributed by atoms with E-state index in [9.17, 15) is 4.79 Å². The van der Waals surface area contributed by atoms with E-state index in [0.717, 1.165) is 51.8 Å². The molecule has 0 bridgehead atoms. The van der Waals surface area contributed by atoms with Gasteiger partial charge in [0.1, 0.15) is 5.82 Å². The lowest BCUT2D eigenvalue weighted by molar-refractivity contribution is -0.117. The molecule has 142 valence electrons. The summed E-state index contributed by atoms with van der Waals surface area (Å²) in [6.07, 6.45) is 2.27. The minimum Gasteiger partial charge on any atom is -0.369 e. The molecule has 0 fully saturated rings. The number of hydrogen-bond donors (Lipinski definition) is 2. The molecule has 1 amide bonds. The quantitative estimate of drug-likeness (QED) is 0.642. The van der Waals surface area contributed by atoms with Crippen molar-refractivity contribution in [3.63, 3.8) is 0 Å². The van der Waals surface area contributed by atoms with E-state index < -0.39 is 0 Å². The highest BCUT2D eigenvalue weighted by Crippen LogP contribution is 2.37. The Bertz CT molecular complexity index is 1020. The monoisotopic (exact) mass is 410 g/mol. The predicted molar refractivity (Wildman–Crippen MR) is 114 cm³/mol. The van der Waals surface area contributed by atoms with Gasteiger partial charge in [0.15, 0.2) is 5.82 Å². The smallest absolute Gasteiger partial charge is 0.221 e. The van der Waals surface area contributed by atoms with Crippen LogP contribution in [0, 0.1) is 0 Å². The van der Waals surface area contributed by atoms with E-state index in [2.05, 4.69) is 5.32 Å². The van der Waals surface area contributed by atoms with Gasteiger partial charge in [-0.15, -0.1) is 11.8 Å². The number of amides is 1. The van der Waals surface area contributed by atoms with Gasteiger partial charge in [0, 0.05) is 16.3 Å². The predicted octanol–water partition coefficient (Wildman–Crippen LogP) is 4.61. The topological polar surface area (TPSA) is 80.9 Å². The second-order valence-electron chi connectivity index (χ2n) is 6.60. The summed E-state index contributed by atoms with van der Waals surface area (Å²) in [7, 11) is 0. The molecule has 1 aliphatic rings. The first-order valence-electron chi connectivity index (χ1n) is 9.02. The van der Waals surface area contributed by atoms with E-state index in [1.54, 1.807) is 11.8 Å². The van der Waals surface area contributed by atoms with E-state index in [-0.39, 0.29) is 12.3 Å². The van der Waals surface area contributed by atoms with Crippen LogP contribution < -0.4 is 11.1 Å². The van der Waals surface area contributed by atoms with Crippen molar-refractivity contribution in [1.82, 2.24) is 9.97 Å². The standard InChI is InChI=1S/C21H19ClN4OS/c22-15-4-1-3-14(12-15)20-25-17-5-2-10-28-19(17)21(26-20)24-16-8-6-13(7-9-16)11-18(23)27/h1,3-4,6-9,12H,2,5,10-11H2,(H2,23,27)(H,24,25,26). The number of primary amides is 1. The Morgan fingerprint density at radius 1 is 1.18 bits per heavy atom. The molecule has 5 nitrogen and oxygen atoms in total. The lowest BCUT2D eigenvalue weighted by atomic mass is 10.1. The average molecular weight is 411 g/mol. The minimum atomic E-state index is -0.340. The Morgan fingerprint density at radius 2 is 2.00 bits per heavy atom. The van der Waals surface area contributed by atoms with E-state index in [0.29, 0.717) is 10.8 Å². The van der Waals surface area contributed by atoms with Crippen molar-refractivity contribution < 1.29 is 4.79 Å². The van der Waals surface area contributed by atoms with Crippen LogP contribution in [0.3, 0.4) is 0 Å². The van der Waals surface area contributed by atoms with Crippen LogP contribution in [-0.4, -0.2) is 21.6 Å². The minimum absolute atomic E-state index is 0.234. The molecule has 3 N–H and O–H groups in total. The Balaban J connectivity index is 1.69. The SMILES string of the molecule is NC(=O)Cc1ccc(Nc2nc(-c3cccc(Cl)c3)nc3c2SCCC3)cc1. The van der Waals surface area contributed by atoms with Crippen LogP contribution >= 0.6 is 23.4 Å². The zero-order valence-corrected chi connectivity index (χ0v) is 16.7. The highest BCUT2D eigenvalue weighted by Gasteiger charge is 2.19. The van der Waals surface area contributed by atoms with Gasteiger partial charge in [-0.3, -0.25) is 4.79 Å². The van der Waals surface area contributed by atoms with Crippen LogP contribution in [0.5, 0.6) is 0 Å². The zero-order chi connectivity index (χ0) is 19.5. The maximum atomic E-state index is 11.1. The summed E-state index contributed by atoms with van der Waals surface area (Å²) >= 11 is 7.93. The molecule has 1 aromatic heterocycles. The number of rotatable bonds is 5. The lowest BCUT2D eigenvalue weighted by Crippen LogP contribution is -2.13. The molecule has 0 spiro atoms. The number of thioether (sulfide) groups is 1. The molecular formula is C21H19ClN4OS. The molecule has 0 radical (unpaired) electrons. The van der Waals surface area contributed by atoms with E-state index in [4.69, 9.17) is 27.3 Å². The van der Waals surface area contributed by atoms with Crippen LogP contribution in [-0.2, 0) is 17.6 Å². The molecule has 0 saturated carbocycles. The van der Waals surface area contributed by atoms with Crippen molar-refractivity contribution in [2.45, 2.75) is 24.2 Å². The number of benzene rings is 2. The number of nitrogens with one attached hydrogen (secondary N) is 1. The third-order valence-corrected chi connectivity index (χ3v) is 5.86. The van der Waals surface area contributed by atoms with Crippen molar-refractivity contribution in [2.24, 2.45) is 5.73 Å². The highest BCUT2D eigenvalue weighted by atomic mass is 35.5. The fourth-order valence-electron chi connectivity index (χ4n) is 3.12. The molecule has 2 aromatic carbocycles. The number of nitrogens with two attached hydrogens (primary N) is 1. The summed E-state index contributed by atoms with van der Waals surface area (Å²) in [6, 6.07) is 15.2. The molecule has 28 heavy (non-hydrogen) atoms. The van der Waals surface area contributed by atoms with Crippen LogP contribution in [0.25, 0.3) is 11.4 Å². The number of fused-ring (bicyclic) bond motifs is 1. The summed E-state index contributed by atoms with van der Waals surface area (Å²) in [5, 5.41) is 4.08. The number of aryl methyl sites for hydroxylation is 1. The third kappa shape index (κ3) is 4.29. The van der Waals surface area contributed by atoms with Crippen LogP contribution in [0.4, 0.5) is 11.5 Å². The number of anilines is 2. The van der Waals surface area contributed by atoms with Gasteiger partial charge in [-0.1, -0.05) is 35.9 Å². The van der Waals surface area contributed by atoms with Gasteiger partial charge in [-0.2, -0.15) is 0 Å². The van der Waals surface area contributed by atoms with Crippen LogP contribution in [0.15, 0.2) is 53.4 Å². The number of aromatic nitrogens is 2. The Labute approximate surface area is 172 Å². The van der Waals surface area contributed by atoms with Crippen LogP contribution in [0.2, 0.25) is 5.02 Å². The van der Waals surface area contributed by atoms with Gasteiger partial charge in [0.05, 0.1) is 17.0 Å². The summed E-state index contributed by atoms with van der Waals surface area (Å²) in [4.78, 5) is 21.8. The van der Waals surface area contributed by atoms with Gasteiger partial charge < -0.3 is 11.1 Å². The summed E-state index contributed by atoms with van der Waals surface area (Å²) in [5.74, 6) is 2.18. The number of carbonyl (C=O) groups excluding carboxylic acids is 1. The largest absolute Gasteiger partial charge is 0.369 e. The molecule has 0 aliphatic carbocycles. The van der Waals surface area contributed by atoms with Gasteiger partial charge in [-0.05, 0) is 48.4 Å². The molecule has 0 saturated heterocycles. The number of nitrogens with zero attached hydrogens (tertiary/aromatic N) is 2. The Hall–Kier alpha value is -2.57. The average Bonchev–Trinajstić information content (AvgIpc) is 2.69. The molecule has 3 aromatic rings. The zero-order valence-electron chi connectivity index (χ0n) is 15.1. The van der Waals surface area contributed by atoms with Gasteiger partial charge in [0.2, 0.25) is 5.91 Å². The second kappa shape index (κ2) is 8.20. The molecular weight excluding hydrogens is 392 g/mol. The summed E-state index contributed by atoms with van der Waals surface area (Å²) in [6.45, 7) is 0. The molecule has 2 heterocycles. The molecule has 7 heteroatoms. The fourth-order valence-corrected chi connectivity index (χ4v) is 4.35. The first-order chi connectivity index (χ1) is 13.6. The van der Waals surface area contributed by atoms with E-state index >= 15 is 0 Å². The fraction of sp³-hybridized carbons (Fsp3) is 0.190. The molecule has 4 rings (SSSR count). The number of hydrogen-bond acceptors (Lipinski definition) is 5. The van der Waals surface area contributed by atoms with Crippen molar-refractivity contribution in [3.8, 4) is 11.4 Å². The van der Waals surface area contributed by atoms with Crippen molar-refractivity contribution in [2.75, 3.05) is 11.1 Å². The first-order valence-corrected chi connectivity index (χ1v) is 10.4. The van der Waals surface area contributed by atoms with Crippen LogP contribution in [0.1, 0.15) is 17.7 Å². The second-order valence-corrected chi connectivity index (χ2v) is 8.14. The normalized spacial score (nSPS) is 13.0. The molecule has 1 aliphatic heterocycles. The molecule has 0 atom stereocenters. The number of halogens is 1.